The van der Waals surface area contributed by atoms with Crippen molar-refractivity contribution in [1.29, 1.82) is 0 Å². The van der Waals surface area contributed by atoms with Gasteiger partial charge in [0.25, 0.3) is 0 Å². The summed E-state index contributed by atoms with van der Waals surface area (Å²) in [5.74, 6) is -0.115. The van der Waals surface area contributed by atoms with Gasteiger partial charge in [0, 0.05) is 55.6 Å². The number of halogens is 2. The lowest BCUT2D eigenvalue weighted by Gasteiger charge is -2.38. The van der Waals surface area contributed by atoms with E-state index < -0.39 is 34.0 Å². The fourth-order valence-electron chi connectivity index (χ4n) is 6.35. The molecule has 5 atom stereocenters. The van der Waals surface area contributed by atoms with Crippen molar-refractivity contribution in [2.24, 2.45) is 17.6 Å². The standard InChI is InChI=1S/C24H31F2N5O3S/c25-18-5-6-21(26)20(7-18)24-22(27)8-19(14-34-24)29-9-17-12-31(28-23(17)13-29)35(32,33)30-10-15-3-1-2-4-16(15)11-30/h5-7,12,15-16,19,22,24H,1-4,8-11,13-14,27H2/t15?,16?,19-,22+,24-/m1/s1. The fourth-order valence-corrected chi connectivity index (χ4v) is 7.81. The van der Waals surface area contributed by atoms with Gasteiger partial charge in [-0.1, -0.05) is 12.8 Å². The molecule has 35 heavy (non-hydrogen) atoms. The summed E-state index contributed by atoms with van der Waals surface area (Å²) in [6.45, 7) is 2.56. The van der Waals surface area contributed by atoms with Crippen LogP contribution in [0.2, 0.25) is 0 Å². The fraction of sp³-hybridized carbons (Fsp3) is 0.625. The highest BCUT2D eigenvalue weighted by Crippen LogP contribution is 2.38. The molecule has 0 bridgehead atoms. The minimum atomic E-state index is -3.66. The number of ether oxygens (including phenoxy) is 1. The Morgan fingerprint density at radius 3 is 2.51 bits per heavy atom. The van der Waals surface area contributed by atoms with Crippen LogP contribution in [-0.4, -0.2) is 58.6 Å². The van der Waals surface area contributed by atoms with Gasteiger partial charge < -0.3 is 10.5 Å². The molecule has 2 unspecified atom stereocenters. The predicted octanol–water partition coefficient (Wildman–Crippen LogP) is 2.55. The minimum Gasteiger partial charge on any atom is -0.370 e. The molecule has 0 amide bonds. The SMILES string of the molecule is N[C@H]1C[C@@H](N2Cc3cn(S(=O)(=O)N4CC5CCCCC5C4)nc3C2)CO[C@@H]1c1cc(F)ccc1F. The van der Waals surface area contributed by atoms with Gasteiger partial charge in [-0.3, -0.25) is 4.90 Å². The van der Waals surface area contributed by atoms with Gasteiger partial charge in [-0.15, -0.1) is 0 Å². The molecule has 1 aromatic heterocycles. The maximum Gasteiger partial charge on any atom is 0.322 e. The van der Waals surface area contributed by atoms with Gasteiger partial charge in [0.05, 0.1) is 12.3 Å². The number of nitrogens with zero attached hydrogens (tertiary/aromatic N) is 4. The molecule has 8 nitrogen and oxygen atoms in total. The molecule has 0 spiro atoms. The molecule has 2 N–H and O–H groups in total. The van der Waals surface area contributed by atoms with Gasteiger partial charge in [0.1, 0.15) is 17.7 Å². The molecule has 1 aliphatic carbocycles. The summed E-state index contributed by atoms with van der Waals surface area (Å²) >= 11 is 0. The van der Waals surface area contributed by atoms with E-state index in [0.717, 1.165) is 46.4 Å². The Morgan fingerprint density at radius 1 is 1.09 bits per heavy atom. The van der Waals surface area contributed by atoms with Gasteiger partial charge in [-0.05, 0) is 49.3 Å². The number of hydrogen-bond acceptors (Lipinski definition) is 6. The quantitative estimate of drug-likeness (QED) is 0.684. The highest BCUT2D eigenvalue weighted by atomic mass is 32.2. The van der Waals surface area contributed by atoms with Crippen molar-refractivity contribution in [2.45, 2.75) is 63.4 Å². The molecule has 11 heteroatoms. The first-order chi connectivity index (χ1) is 16.8. The summed E-state index contributed by atoms with van der Waals surface area (Å²) < 4.78 is 63.0. The molecule has 2 aromatic rings. The zero-order chi connectivity index (χ0) is 24.3. The largest absolute Gasteiger partial charge is 0.370 e. The second-order valence-corrected chi connectivity index (χ2v) is 12.3. The van der Waals surface area contributed by atoms with Crippen LogP contribution in [0.25, 0.3) is 0 Å². The normalized spacial score (nSPS) is 32.0. The zero-order valence-corrected chi connectivity index (χ0v) is 20.3. The average molecular weight is 508 g/mol. The summed E-state index contributed by atoms with van der Waals surface area (Å²) in [7, 11) is -3.66. The second-order valence-electron chi connectivity index (χ2n) is 10.5. The second kappa shape index (κ2) is 8.88. The van der Waals surface area contributed by atoms with E-state index in [1.165, 1.54) is 12.8 Å². The number of nitrogens with two attached hydrogens (primary N) is 1. The molecule has 4 aliphatic rings. The lowest BCUT2D eigenvalue weighted by molar-refractivity contribution is -0.0533. The van der Waals surface area contributed by atoms with Gasteiger partial charge in [-0.25, -0.2) is 8.78 Å². The van der Waals surface area contributed by atoms with Crippen molar-refractivity contribution in [3.8, 4) is 0 Å². The van der Waals surface area contributed by atoms with Crippen molar-refractivity contribution in [3.63, 3.8) is 0 Å². The number of benzene rings is 1. The zero-order valence-electron chi connectivity index (χ0n) is 19.5. The maximum atomic E-state index is 14.2. The Balaban J connectivity index is 1.11. The van der Waals surface area contributed by atoms with E-state index in [1.807, 2.05) is 0 Å². The lowest BCUT2D eigenvalue weighted by Crippen LogP contribution is -2.47. The van der Waals surface area contributed by atoms with Crippen LogP contribution in [0, 0.1) is 23.5 Å². The first-order valence-electron chi connectivity index (χ1n) is 12.4. The molecular weight excluding hydrogens is 476 g/mol. The van der Waals surface area contributed by atoms with Crippen LogP contribution in [0.1, 0.15) is 55.0 Å². The third kappa shape index (κ3) is 4.21. The van der Waals surface area contributed by atoms with E-state index in [-0.39, 0.29) is 11.6 Å². The van der Waals surface area contributed by atoms with Crippen molar-refractivity contribution < 1.29 is 21.9 Å². The summed E-state index contributed by atoms with van der Waals surface area (Å²) in [5.41, 5.74) is 8.10. The Morgan fingerprint density at radius 2 is 1.83 bits per heavy atom. The third-order valence-electron chi connectivity index (χ3n) is 8.27. The molecule has 4 heterocycles. The molecule has 6 rings (SSSR count). The van der Waals surface area contributed by atoms with Gasteiger partial charge in [-0.2, -0.15) is 21.9 Å². The smallest absolute Gasteiger partial charge is 0.322 e. The van der Waals surface area contributed by atoms with Crippen LogP contribution in [0.3, 0.4) is 0 Å². The molecule has 3 aliphatic heterocycles. The molecule has 1 aromatic carbocycles. The Hall–Kier alpha value is -1.92. The molecule has 190 valence electrons. The van der Waals surface area contributed by atoms with Crippen LogP contribution >= 0.6 is 0 Å². The van der Waals surface area contributed by atoms with Crippen LogP contribution in [0.15, 0.2) is 24.4 Å². The summed E-state index contributed by atoms with van der Waals surface area (Å²) in [5, 5.41) is 4.45. The summed E-state index contributed by atoms with van der Waals surface area (Å²) in [6, 6.07) is 2.81. The van der Waals surface area contributed by atoms with E-state index in [2.05, 4.69) is 10.00 Å². The monoisotopic (exact) mass is 507 g/mol. The summed E-state index contributed by atoms with van der Waals surface area (Å²) in [6.07, 6.45) is 6.09. The lowest BCUT2D eigenvalue weighted by atomic mass is 9.82. The average Bonchev–Trinajstić information content (AvgIpc) is 3.54. The first kappa shape index (κ1) is 23.5. The van der Waals surface area contributed by atoms with Crippen LogP contribution in [0.5, 0.6) is 0 Å². The maximum absolute atomic E-state index is 14.2. The van der Waals surface area contributed by atoms with Crippen molar-refractivity contribution >= 4 is 10.2 Å². The third-order valence-corrected chi connectivity index (χ3v) is 9.88. The van der Waals surface area contributed by atoms with Crippen LogP contribution in [0.4, 0.5) is 8.78 Å². The Labute approximate surface area is 204 Å². The van der Waals surface area contributed by atoms with Crippen LogP contribution in [-0.2, 0) is 28.0 Å². The molecule has 3 fully saturated rings. The van der Waals surface area contributed by atoms with Crippen molar-refractivity contribution in [1.82, 2.24) is 18.4 Å². The molecule has 1 saturated carbocycles. The van der Waals surface area contributed by atoms with Gasteiger partial charge in [0.15, 0.2) is 0 Å². The van der Waals surface area contributed by atoms with E-state index in [0.29, 0.717) is 51.0 Å². The topological polar surface area (TPSA) is 93.7 Å². The Bertz CT molecular complexity index is 1180. The molecule has 0 radical (unpaired) electrons. The summed E-state index contributed by atoms with van der Waals surface area (Å²) in [4.78, 5) is 2.16. The van der Waals surface area contributed by atoms with Gasteiger partial charge in [0.2, 0.25) is 0 Å². The van der Waals surface area contributed by atoms with E-state index >= 15 is 0 Å². The minimum absolute atomic E-state index is 0.0150. The number of aromatic nitrogens is 2. The molecule has 2 saturated heterocycles. The van der Waals surface area contributed by atoms with E-state index in [9.17, 15) is 17.2 Å². The van der Waals surface area contributed by atoms with Crippen LogP contribution < -0.4 is 5.73 Å². The number of rotatable bonds is 4. The first-order valence-corrected chi connectivity index (χ1v) is 13.8. The van der Waals surface area contributed by atoms with Crippen molar-refractivity contribution in [2.75, 3.05) is 19.7 Å². The highest BCUT2D eigenvalue weighted by Gasteiger charge is 2.42. The van der Waals surface area contributed by atoms with Crippen molar-refractivity contribution in [3.05, 3.63) is 52.9 Å². The highest BCUT2D eigenvalue weighted by molar-refractivity contribution is 7.87. The van der Waals surface area contributed by atoms with E-state index in [4.69, 9.17) is 10.5 Å². The number of fused-ring (bicyclic) bond motifs is 2. The number of hydrogen-bond donors (Lipinski definition) is 1. The predicted molar refractivity (Wildman–Crippen MR) is 124 cm³/mol. The molecular formula is C24H31F2N5O3S. The Kier molecular flexibility index (Phi) is 5.96. The van der Waals surface area contributed by atoms with Gasteiger partial charge >= 0.3 is 10.2 Å². The van der Waals surface area contributed by atoms with E-state index in [1.54, 1.807) is 10.5 Å².